The van der Waals surface area contributed by atoms with Crippen LogP contribution in [0.3, 0.4) is 0 Å². The third-order valence-corrected chi connectivity index (χ3v) is 2.93. The number of rotatable bonds is 6. The molecule has 0 heterocycles. The molecule has 1 aromatic rings. The molecule has 90 valence electrons. The molecule has 0 aliphatic heterocycles. The van der Waals surface area contributed by atoms with Crippen molar-refractivity contribution >= 4 is 0 Å². The van der Waals surface area contributed by atoms with E-state index in [1.807, 2.05) is 0 Å². The number of hydrogen-bond donors (Lipinski definition) is 2. The molecule has 0 saturated carbocycles. The van der Waals surface area contributed by atoms with Crippen LogP contribution in [-0.2, 0) is 10.2 Å². The maximum Gasteiger partial charge on any atom is 0.123 e. The van der Waals surface area contributed by atoms with Gasteiger partial charge in [0.1, 0.15) is 5.82 Å². The Morgan fingerprint density at radius 3 is 2.44 bits per heavy atom. The lowest BCUT2D eigenvalue weighted by Gasteiger charge is -2.30. The second-order valence-corrected chi connectivity index (χ2v) is 3.89. The normalized spacial score (nSPS) is 14.8. The minimum absolute atomic E-state index is 0.0709. The van der Waals surface area contributed by atoms with E-state index in [0.29, 0.717) is 19.6 Å². The van der Waals surface area contributed by atoms with E-state index in [9.17, 15) is 9.50 Å². The van der Waals surface area contributed by atoms with Crippen LogP contribution in [0.4, 0.5) is 4.39 Å². The number of methoxy groups -OCH3 is 1. The van der Waals surface area contributed by atoms with Crippen molar-refractivity contribution < 1.29 is 14.2 Å². The van der Waals surface area contributed by atoms with Crippen LogP contribution in [0.2, 0.25) is 0 Å². The average Bonchev–Trinajstić information content (AvgIpc) is 2.33. The molecule has 1 atom stereocenters. The topological polar surface area (TPSA) is 55.5 Å². The van der Waals surface area contributed by atoms with E-state index in [0.717, 1.165) is 5.56 Å². The van der Waals surface area contributed by atoms with Crippen LogP contribution >= 0.6 is 0 Å². The monoisotopic (exact) mass is 227 g/mol. The Kier molecular flexibility index (Phi) is 4.86. The van der Waals surface area contributed by atoms with Crippen molar-refractivity contribution in [1.82, 2.24) is 0 Å². The van der Waals surface area contributed by atoms with Crippen LogP contribution in [0, 0.1) is 5.82 Å². The lowest BCUT2D eigenvalue weighted by atomic mass is 9.78. The fourth-order valence-electron chi connectivity index (χ4n) is 1.70. The molecule has 0 spiro atoms. The molecule has 0 fully saturated rings. The second kappa shape index (κ2) is 5.94. The molecule has 16 heavy (non-hydrogen) atoms. The summed E-state index contributed by atoms with van der Waals surface area (Å²) in [6.45, 7) is 0.742. The maximum atomic E-state index is 12.8. The minimum Gasteiger partial charge on any atom is -0.395 e. The number of halogens is 1. The predicted octanol–water partition coefficient (Wildman–Crippen LogP) is 1.05. The smallest absolute Gasteiger partial charge is 0.123 e. The summed E-state index contributed by atoms with van der Waals surface area (Å²) in [5, 5.41) is 9.50. The fourth-order valence-corrected chi connectivity index (χ4v) is 1.70. The molecule has 1 aromatic carbocycles. The van der Waals surface area contributed by atoms with Gasteiger partial charge in [-0.15, -0.1) is 0 Å². The fraction of sp³-hybridized carbons (Fsp3) is 0.500. The van der Waals surface area contributed by atoms with Crippen molar-refractivity contribution in [2.45, 2.75) is 11.8 Å². The summed E-state index contributed by atoms with van der Waals surface area (Å²) in [6, 6.07) is 6.08. The van der Waals surface area contributed by atoms with Crippen molar-refractivity contribution in [2.24, 2.45) is 5.73 Å². The Morgan fingerprint density at radius 2 is 2.00 bits per heavy atom. The van der Waals surface area contributed by atoms with Gasteiger partial charge in [0.25, 0.3) is 0 Å². The van der Waals surface area contributed by atoms with E-state index in [4.69, 9.17) is 10.5 Å². The van der Waals surface area contributed by atoms with Crippen LogP contribution in [0.5, 0.6) is 0 Å². The zero-order valence-corrected chi connectivity index (χ0v) is 9.45. The largest absolute Gasteiger partial charge is 0.395 e. The maximum absolute atomic E-state index is 12.8. The highest BCUT2D eigenvalue weighted by Gasteiger charge is 2.29. The van der Waals surface area contributed by atoms with Gasteiger partial charge in [0, 0.05) is 25.7 Å². The molecular weight excluding hydrogens is 209 g/mol. The summed E-state index contributed by atoms with van der Waals surface area (Å²) in [5.74, 6) is -0.292. The molecule has 4 heteroatoms. The summed E-state index contributed by atoms with van der Waals surface area (Å²) in [7, 11) is 1.60. The summed E-state index contributed by atoms with van der Waals surface area (Å²) < 4.78 is 17.8. The Morgan fingerprint density at radius 1 is 1.38 bits per heavy atom. The molecule has 0 radical (unpaired) electrons. The number of nitrogens with two attached hydrogens (primary N) is 1. The van der Waals surface area contributed by atoms with Gasteiger partial charge in [0.2, 0.25) is 0 Å². The van der Waals surface area contributed by atoms with Crippen molar-refractivity contribution in [3.8, 4) is 0 Å². The van der Waals surface area contributed by atoms with E-state index in [2.05, 4.69) is 0 Å². The number of aliphatic hydroxyl groups is 1. The zero-order valence-electron chi connectivity index (χ0n) is 9.45. The molecule has 0 saturated heterocycles. The Balaban J connectivity index is 2.95. The number of benzene rings is 1. The van der Waals surface area contributed by atoms with Gasteiger partial charge in [-0.05, 0) is 24.1 Å². The standard InChI is InChI=1S/C12H18FNO2/c1-16-7-6-12(8-14,9-15)10-2-4-11(13)5-3-10/h2-5,15H,6-9,14H2,1H3. The highest BCUT2D eigenvalue weighted by Crippen LogP contribution is 2.26. The van der Waals surface area contributed by atoms with Gasteiger partial charge in [-0.3, -0.25) is 0 Å². The van der Waals surface area contributed by atoms with Crippen LogP contribution in [-0.4, -0.2) is 32.0 Å². The van der Waals surface area contributed by atoms with Gasteiger partial charge in [-0.1, -0.05) is 12.1 Å². The number of ether oxygens (including phenoxy) is 1. The molecule has 0 bridgehead atoms. The van der Waals surface area contributed by atoms with Gasteiger partial charge >= 0.3 is 0 Å². The lowest BCUT2D eigenvalue weighted by Crippen LogP contribution is -2.39. The molecule has 0 aliphatic rings. The van der Waals surface area contributed by atoms with Gasteiger partial charge in [-0.2, -0.15) is 0 Å². The number of aliphatic hydroxyl groups excluding tert-OH is 1. The Labute approximate surface area is 95.0 Å². The van der Waals surface area contributed by atoms with Crippen molar-refractivity contribution in [1.29, 1.82) is 0 Å². The first-order valence-corrected chi connectivity index (χ1v) is 5.24. The SMILES string of the molecule is COCCC(CN)(CO)c1ccc(F)cc1. The molecule has 3 N–H and O–H groups in total. The number of hydrogen-bond acceptors (Lipinski definition) is 3. The first-order valence-electron chi connectivity index (χ1n) is 5.24. The summed E-state index contributed by atoms with van der Waals surface area (Å²) >= 11 is 0. The lowest BCUT2D eigenvalue weighted by molar-refractivity contribution is 0.129. The van der Waals surface area contributed by atoms with Gasteiger partial charge in [0.05, 0.1) is 6.61 Å². The van der Waals surface area contributed by atoms with E-state index >= 15 is 0 Å². The summed E-state index contributed by atoms with van der Waals surface area (Å²) in [6.07, 6.45) is 0.613. The molecule has 0 amide bonds. The first kappa shape index (κ1) is 13.1. The predicted molar refractivity (Wildman–Crippen MR) is 60.7 cm³/mol. The summed E-state index contributed by atoms with van der Waals surface area (Å²) in [4.78, 5) is 0. The highest BCUT2D eigenvalue weighted by atomic mass is 19.1. The second-order valence-electron chi connectivity index (χ2n) is 3.89. The molecule has 0 aromatic heterocycles. The van der Waals surface area contributed by atoms with Crippen LogP contribution < -0.4 is 5.73 Å². The Bertz CT molecular complexity index is 309. The summed E-state index contributed by atoms with van der Waals surface area (Å²) in [5.41, 5.74) is 6.03. The zero-order chi connectivity index (χ0) is 12.0. The van der Waals surface area contributed by atoms with Crippen LogP contribution in [0.15, 0.2) is 24.3 Å². The average molecular weight is 227 g/mol. The Hall–Kier alpha value is -0.970. The van der Waals surface area contributed by atoms with Crippen molar-refractivity contribution in [3.05, 3.63) is 35.6 Å². The van der Waals surface area contributed by atoms with Gasteiger partial charge < -0.3 is 15.6 Å². The minimum atomic E-state index is -0.538. The molecule has 1 rings (SSSR count). The van der Waals surface area contributed by atoms with E-state index < -0.39 is 5.41 Å². The third-order valence-electron chi connectivity index (χ3n) is 2.93. The molecule has 3 nitrogen and oxygen atoms in total. The molecule has 1 unspecified atom stereocenters. The van der Waals surface area contributed by atoms with Crippen molar-refractivity contribution in [3.63, 3.8) is 0 Å². The quantitative estimate of drug-likeness (QED) is 0.763. The first-order chi connectivity index (χ1) is 7.68. The third kappa shape index (κ3) is 2.78. The van der Waals surface area contributed by atoms with Crippen molar-refractivity contribution in [2.75, 3.05) is 26.9 Å². The van der Waals surface area contributed by atoms with E-state index in [1.165, 1.54) is 12.1 Å². The van der Waals surface area contributed by atoms with E-state index in [-0.39, 0.29) is 12.4 Å². The van der Waals surface area contributed by atoms with Crippen LogP contribution in [0.25, 0.3) is 0 Å². The highest BCUT2D eigenvalue weighted by molar-refractivity contribution is 5.26. The van der Waals surface area contributed by atoms with Gasteiger partial charge in [-0.25, -0.2) is 4.39 Å². The van der Waals surface area contributed by atoms with E-state index in [1.54, 1.807) is 19.2 Å². The molecular formula is C12H18FNO2. The van der Waals surface area contributed by atoms with Crippen LogP contribution in [0.1, 0.15) is 12.0 Å². The molecule has 0 aliphatic carbocycles. The van der Waals surface area contributed by atoms with Gasteiger partial charge in [0.15, 0.2) is 0 Å².